The van der Waals surface area contributed by atoms with Crippen LogP contribution in [0.4, 0.5) is 0 Å². The molecule has 1 aliphatic rings. The van der Waals surface area contributed by atoms with Crippen LogP contribution in [0.2, 0.25) is 0 Å². The third-order valence-electron chi connectivity index (χ3n) is 2.82. The van der Waals surface area contributed by atoms with E-state index in [0.717, 1.165) is 12.8 Å². The Balaban J connectivity index is 2.45. The molecule has 1 rings (SSSR count). The molecule has 2 heteroatoms. The highest BCUT2D eigenvalue weighted by atomic mass is 16.5. The van der Waals surface area contributed by atoms with Crippen LogP contribution in [0.3, 0.4) is 0 Å². The van der Waals surface area contributed by atoms with Gasteiger partial charge >= 0.3 is 0 Å². The van der Waals surface area contributed by atoms with Crippen LogP contribution in [-0.4, -0.2) is 18.8 Å². The van der Waals surface area contributed by atoms with Crippen molar-refractivity contribution in [1.29, 1.82) is 0 Å². The van der Waals surface area contributed by atoms with Crippen LogP contribution in [0.1, 0.15) is 39.0 Å². The first kappa shape index (κ1) is 12.3. The smallest absolute Gasteiger partial charge is 0.131 e. The molecule has 15 heavy (non-hydrogen) atoms. The van der Waals surface area contributed by atoms with Crippen LogP contribution < -0.4 is 0 Å². The Morgan fingerprint density at radius 3 is 2.60 bits per heavy atom. The van der Waals surface area contributed by atoms with Gasteiger partial charge in [0.25, 0.3) is 0 Å². The summed E-state index contributed by atoms with van der Waals surface area (Å²) >= 11 is 0. The summed E-state index contributed by atoms with van der Waals surface area (Å²) in [5.74, 6) is 0. The van der Waals surface area contributed by atoms with Gasteiger partial charge in [0.15, 0.2) is 0 Å². The topological polar surface area (TPSA) is 18.5 Å². The normalized spacial score (nSPS) is 20.3. The van der Waals surface area contributed by atoms with E-state index in [1.54, 1.807) is 12.3 Å². The predicted octanol–water partition coefficient (Wildman–Crippen LogP) is 3.44. The van der Waals surface area contributed by atoms with Gasteiger partial charge in [-0.25, -0.2) is 0 Å². The van der Waals surface area contributed by atoms with Crippen molar-refractivity contribution in [3.05, 3.63) is 25.0 Å². The lowest BCUT2D eigenvalue weighted by atomic mass is 9.85. The Morgan fingerprint density at radius 2 is 2.00 bits per heavy atom. The summed E-state index contributed by atoms with van der Waals surface area (Å²) in [5, 5.41) is 0. The summed E-state index contributed by atoms with van der Waals surface area (Å²) < 4.78 is 11.4. The lowest BCUT2D eigenvalue weighted by molar-refractivity contribution is -0.0718. The largest absolute Gasteiger partial charge is 0.493 e. The van der Waals surface area contributed by atoms with Crippen molar-refractivity contribution in [3.63, 3.8) is 0 Å². The molecular formula is C13H22O2. The number of hydrogen-bond donors (Lipinski definition) is 0. The molecule has 0 spiro atoms. The van der Waals surface area contributed by atoms with Gasteiger partial charge in [-0.1, -0.05) is 18.6 Å². The molecule has 0 aromatic rings. The third kappa shape index (κ3) is 4.08. The second-order valence-electron chi connectivity index (χ2n) is 4.13. The van der Waals surface area contributed by atoms with E-state index in [1.165, 1.54) is 19.3 Å². The molecule has 0 saturated heterocycles. The zero-order chi connectivity index (χ0) is 11.0. The van der Waals surface area contributed by atoms with Crippen LogP contribution in [-0.2, 0) is 9.47 Å². The summed E-state index contributed by atoms with van der Waals surface area (Å²) in [5.41, 5.74) is -0.0756. The first-order chi connectivity index (χ1) is 7.33. The average Bonchev–Trinajstić information content (AvgIpc) is 2.28. The standard InChI is InChI=1S/C13H22O2/c1-3-10-14-12-13(15-11-4-2)8-6-5-7-9-13/h3-4,11H,1,5-10,12H2,2H3. The molecule has 0 radical (unpaired) electrons. The van der Waals surface area contributed by atoms with Gasteiger partial charge in [-0.15, -0.1) is 6.58 Å². The molecule has 0 bridgehead atoms. The molecule has 2 nitrogen and oxygen atoms in total. The van der Waals surface area contributed by atoms with Crippen LogP contribution >= 0.6 is 0 Å². The third-order valence-corrected chi connectivity index (χ3v) is 2.82. The van der Waals surface area contributed by atoms with E-state index in [4.69, 9.17) is 9.47 Å². The van der Waals surface area contributed by atoms with Gasteiger partial charge in [-0.2, -0.15) is 0 Å². The number of rotatable bonds is 6. The number of hydrogen-bond acceptors (Lipinski definition) is 2. The quantitative estimate of drug-likeness (QED) is 0.380. The summed E-state index contributed by atoms with van der Waals surface area (Å²) in [4.78, 5) is 0. The first-order valence-electron chi connectivity index (χ1n) is 5.81. The van der Waals surface area contributed by atoms with Gasteiger partial charge in [-0.05, 0) is 32.6 Å². The summed E-state index contributed by atoms with van der Waals surface area (Å²) in [7, 11) is 0. The van der Waals surface area contributed by atoms with E-state index in [1.807, 2.05) is 13.0 Å². The van der Waals surface area contributed by atoms with Crippen molar-refractivity contribution in [3.8, 4) is 0 Å². The van der Waals surface area contributed by atoms with Crippen molar-refractivity contribution >= 4 is 0 Å². The lowest BCUT2D eigenvalue weighted by Crippen LogP contribution is -2.38. The molecule has 1 fully saturated rings. The molecule has 1 aliphatic carbocycles. The minimum atomic E-state index is -0.0756. The fraction of sp³-hybridized carbons (Fsp3) is 0.692. The Kier molecular flexibility index (Phi) is 5.48. The van der Waals surface area contributed by atoms with Crippen LogP contribution in [0, 0.1) is 0 Å². The fourth-order valence-corrected chi connectivity index (χ4v) is 2.03. The van der Waals surface area contributed by atoms with Gasteiger partial charge < -0.3 is 9.47 Å². The molecule has 0 aromatic carbocycles. The monoisotopic (exact) mass is 210 g/mol. The fourth-order valence-electron chi connectivity index (χ4n) is 2.03. The molecule has 0 amide bonds. The second kappa shape index (κ2) is 6.67. The maximum Gasteiger partial charge on any atom is 0.131 e. The maximum absolute atomic E-state index is 5.83. The lowest BCUT2D eigenvalue weighted by Gasteiger charge is -2.36. The molecule has 0 atom stereocenters. The van der Waals surface area contributed by atoms with Crippen LogP contribution in [0.25, 0.3) is 0 Å². The molecule has 1 saturated carbocycles. The first-order valence-corrected chi connectivity index (χ1v) is 5.81. The van der Waals surface area contributed by atoms with Crippen molar-refractivity contribution in [1.82, 2.24) is 0 Å². The second-order valence-corrected chi connectivity index (χ2v) is 4.13. The molecule has 0 aromatic heterocycles. The van der Waals surface area contributed by atoms with Gasteiger partial charge in [0.05, 0.1) is 19.5 Å². The van der Waals surface area contributed by atoms with E-state index >= 15 is 0 Å². The Hall–Kier alpha value is -0.760. The molecule has 0 unspecified atom stereocenters. The minimum Gasteiger partial charge on any atom is -0.493 e. The van der Waals surface area contributed by atoms with E-state index in [-0.39, 0.29) is 5.60 Å². The highest BCUT2D eigenvalue weighted by Crippen LogP contribution is 2.32. The van der Waals surface area contributed by atoms with Gasteiger partial charge in [0, 0.05) is 0 Å². The highest BCUT2D eigenvalue weighted by molar-refractivity contribution is 4.87. The van der Waals surface area contributed by atoms with Crippen molar-refractivity contribution in [2.75, 3.05) is 13.2 Å². The van der Waals surface area contributed by atoms with E-state index in [0.29, 0.717) is 13.2 Å². The maximum atomic E-state index is 5.83. The van der Waals surface area contributed by atoms with Crippen LogP contribution in [0.5, 0.6) is 0 Å². The number of ether oxygens (including phenoxy) is 2. The van der Waals surface area contributed by atoms with Crippen molar-refractivity contribution in [2.45, 2.75) is 44.6 Å². The average molecular weight is 210 g/mol. The van der Waals surface area contributed by atoms with E-state index in [9.17, 15) is 0 Å². The molecule has 86 valence electrons. The van der Waals surface area contributed by atoms with Crippen molar-refractivity contribution in [2.24, 2.45) is 0 Å². The van der Waals surface area contributed by atoms with E-state index in [2.05, 4.69) is 6.58 Å². The Morgan fingerprint density at radius 1 is 1.27 bits per heavy atom. The zero-order valence-electron chi connectivity index (χ0n) is 9.71. The summed E-state index contributed by atoms with van der Waals surface area (Å²) in [6, 6.07) is 0. The van der Waals surface area contributed by atoms with Gasteiger partial charge in [-0.3, -0.25) is 0 Å². The van der Waals surface area contributed by atoms with E-state index < -0.39 is 0 Å². The molecule has 0 N–H and O–H groups in total. The van der Waals surface area contributed by atoms with Gasteiger partial charge in [0.1, 0.15) is 5.60 Å². The zero-order valence-corrected chi connectivity index (χ0v) is 9.71. The van der Waals surface area contributed by atoms with Crippen LogP contribution in [0.15, 0.2) is 25.0 Å². The number of allylic oxidation sites excluding steroid dienone is 1. The Bertz CT molecular complexity index is 203. The highest BCUT2D eigenvalue weighted by Gasteiger charge is 2.33. The van der Waals surface area contributed by atoms with Gasteiger partial charge in [0.2, 0.25) is 0 Å². The predicted molar refractivity (Wildman–Crippen MR) is 62.7 cm³/mol. The SMILES string of the molecule is C=CCOCC1(OC=CC)CCCCC1. The molecular weight excluding hydrogens is 188 g/mol. The molecule has 0 heterocycles. The summed E-state index contributed by atoms with van der Waals surface area (Å²) in [6.07, 6.45) is 11.5. The Labute approximate surface area is 93.0 Å². The minimum absolute atomic E-state index is 0.0756. The van der Waals surface area contributed by atoms with Crippen molar-refractivity contribution < 1.29 is 9.47 Å². The summed E-state index contributed by atoms with van der Waals surface area (Å²) in [6.45, 7) is 6.92. The molecule has 0 aliphatic heterocycles.